The number of hydrogen-bond donors (Lipinski definition) is 0. The van der Waals surface area contributed by atoms with E-state index >= 15 is 0 Å². The van der Waals surface area contributed by atoms with Crippen LogP contribution in [-0.4, -0.2) is 12.4 Å². The molecule has 1 atom stereocenters. The molecule has 3 rings (SSSR count). The molecule has 0 radical (unpaired) electrons. The van der Waals surface area contributed by atoms with Crippen LogP contribution in [0.4, 0.5) is 0 Å². The number of fused-ring (bicyclic) bond motifs is 1. The molecule has 1 aliphatic heterocycles. The molecule has 0 saturated heterocycles. The van der Waals surface area contributed by atoms with Crippen LogP contribution in [0.3, 0.4) is 0 Å². The van der Waals surface area contributed by atoms with Gasteiger partial charge in [-0.05, 0) is 35.9 Å². The normalized spacial score (nSPS) is 17.5. The van der Waals surface area contributed by atoms with Crippen molar-refractivity contribution in [3.05, 3.63) is 59.1 Å². The highest BCUT2D eigenvalue weighted by atomic mass is 35.5. The molecule has 18 heavy (non-hydrogen) atoms. The predicted octanol–water partition coefficient (Wildman–Crippen LogP) is 4.61. The van der Waals surface area contributed by atoms with Crippen LogP contribution >= 0.6 is 23.4 Å². The fraction of sp³-hybridized carbons (Fsp3) is 0.200. The highest BCUT2D eigenvalue weighted by Gasteiger charge is 2.23. The fourth-order valence-electron chi connectivity index (χ4n) is 2.09. The van der Waals surface area contributed by atoms with Crippen molar-refractivity contribution in [2.75, 3.05) is 12.4 Å². The first kappa shape index (κ1) is 11.9. The van der Waals surface area contributed by atoms with E-state index in [9.17, 15) is 0 Å². The first-order valence-electron chi connectivity index (χ1n) is 5.93. The molecule has 0 saturated carbocycles. The van der Waals surface area contributed by atoms with Gasteiger partial charge in [0, 0.05) is 21.6 Å². The lowest BCUT2D eigenvalue weighted by molar-refractivity contribution is 0.298. The van der Waals surface area contributed by atoms with Crippen LogP contribution in [0.1, 0.15) is 11.5 Å². The van der Waals surface area contributed by atoms with Gasteiger partial charge in [0.15, 0.2) is 0 Å². The number of ether oxygens (including phenoxy) is 1. The minimum absolute atomic E-state index is 0.488. The highest BCUT2D eigenvalue weighted by molar-refractivity contribution is 7.99. The molecule has 0 N–H and O–H groups in total. The second kappa shape index (κ2) is 5.25. The Labute approximate surface area is 116 Å². The average molecular weight is 277 g/mol. The van der Waals surface area contributed by atoms with Gasteiger partial charge >= 0.3 is 0 Å². The van der Waals surface area contributed by atoms with E-state index in [0.717, 1.165) is 23.1 Å². The van der Waals surface area contributed by atoms with Crippen molar-refractivity contribution in [1.82, 2.24) is 0 Å². The molecule has 3 heteroatoms. The quantitative estimate of drug-likeness (QED) is 0.810. The van der Waals surface area contributed by atoms with Gasteiger partial charge < -0.3 is 4.74 Å². The third kappa shape index (κ3) is 2.50. The van der Waals surface area contributed by atoms with Crippen molar-refractivity contribution in [3.8, 4) is 5.75 Å². The third-order valence-electron chi connectivity index (χ3n) is 3.06. The van der Waals surface area contributed by atoms with Crippen molar-refractivity contribution >= 4 is 23.4 Å². The van der Waals surface area contributed by atoms with Crippen LogP contribution in [0.5, 0.6) is 5.75 Å². The van der Waals surface area contributed by atoms with Gasteiger partial charge in [-0.15, -0.1) is 11.8 Å². The van der Waals surface area contributed by atoms with Crippen LogP contribution in [-0.2, 0) is 0 Å². The Kier molecular flexibility index (Phi) is 3.48. The standard InChI is InChI=1S/C15H13ClOS/c16-12-5-7-13(8-6-12)17-9-11-10-18-15-4-2-1-3-14(11)15/h1-8,11H,9-10H2. The number of rotatable bonds is 3. The van der Waals surface area contributed by atoms with Gasteiger partial charge in [0.25, 0.3) is 0 Å². The number of halogens is 1. The molecule has 0 aliphatic carbocycles. The SMILES string of the molecule is Clc1ccc(OCC2CSc3ccccc32)cc1. The van der Waals surface area contributed by atoms with Gasteiger partial charge in [-0.2, -0.15) is 0 Å². The summed E-state index contributed by atoms with van der Waals surface area (Å²) in [5.41, 5.74) is 1.41. The van der Waals surface area contributed by atoms with E-state index in [1.807, 2.05) is 36.0 Å². The maximum atomic E-state index is 5.85. The van der Waals surface area contributed by atoms with Crippen molar-refractivity contribution in [2.45, 2.75) is 10.8 Å². The van der Waals surface area contributed by atoms with Gasteiger partial charge in [0.1, 0.15) is 5.75 Å². The summed E-state index contributed by atoms with van der Waals surface area (Å²) in [5, 5.41) is 0.740. The summed E-state index contributed by atoms with van der Waals surface area (Å²) in [5.74, 6) is 2.48. The Morgan fingerprint density at radius 1 is 1.11 bits per heavy atom. The van der Waals surface area contributed by atoms with Crippen molar-refractivity contribution < 1.29 is 4.74 Å². The summed E-state index contributed by atoms with van der Waals surface area (Å²) in [6.07, 6.45) is 0. The van der Waals surface area contributed by atoms with E-state index in [-0.39, 0.29) is 0 Å². The van der Waals surface area contributed by atoms with Gasteiger partial charge in [0.2, 0.25) is 0 Å². The van der Waals surface area contributed by atoms with E-state index in [2.05, 4.69) is 24.3 Å². The fourth-order valence-corrected chi connectivity index (χ4v) is 3.45. The molecule has 1 aliphatic rings. The maximum Gasteiger partial charge on any atom is 0.119 e. The van der Waals surface area contributed by atoms with Crippen LogP contribution in [0, 0.1) is 0 Å². The smallest absolute Gasteiger partial charge is 0.119 e. The Bertz CT molecular complexity index is 538. The Morgan fingerprint density at radius 3 is 2.72 bits per heavy atom. The zero-order valence-corrected chi connectivity index (χ0v) is 11.4. The Balaban J connectivity index is 1.67. The van der Waals surface area contributed by atoms with E-state index in [1.165, 1.54) is 10.5 Å². The molecule has 1 heterocycles. The molecule has 2 aromatic carbocycles. The molecular formula is C15H13ClOS. The molecule has 0 fully saturated rings. The molecule has 0 bridgehead atoms. The lowest BCUT2D eigenvalue weighted by Crippen LogP contribution is -2.09. The monoisotopic (exact) mass is 276 g/mol. The van der Waals surface area contributed by atoms with E-state index in [0.29, 0.717) is 5.92 Å². The first-order valence-corrected chi connectivity index (χ1v) is 7.29. The summed E-state index contributed by atoms with van der Waals surface area (Å²) < 4.78 is 5.83. The largest absolute Gasteiger partial charge is 0.493 e. The van der Waals surface area contributed by atoms with Gasteiger partial charge in [-0.3, -0.25) is 0 Å². The average Bonchev–Trinajstić information content (AvgIpc) is 2.82. The topological polar surface area (TPSA) is 9.23 Å². The number of thioether (sulfide) groups is 1. The molecule has 1 unspecified atom stereocenters. The molecular weight excluding hydrogens is 264 g/mol. The molecule has 0 amide bonds. The molecule has 92 valence electrons. The van der Waals surface area contributed by atoms with Gasteiger partial charge in [-0.1, -0.05) is 29.8 Å². The summed E-state index contributed by atoms with van der Waals surface area (Å²) in [7, 11) is 0. The van der Waals surface area contributed by atoms with Crippen LogP contribution < -0.4 is 4.74 Å². The third-order valence-corrected chi connectivity index (χ3v) is 4.57. The Hall–Kier alpha value is -1.12. The summed E-state index contributed by atoms with van der Waals surface area (Å²) >= 11 is 7.76. The maximum absolute atomic E-state index is 5.85. The lowest BCUT2D eigenvalue weighted by atomic mass is 10.0. The van der Waals surface area contributed by atoms with Crippen molar-refractivity contribution in [2.24, 2.45) is 0 Å². The minimum Gasteiger partial charge on any atom is -0.493 e. The second-order valence-corrected chi connectivity index (χ2v) is 5.81. The van der Waals surface area contributed by atoms with E-state index in [1.54, 1.807) is 0 Å². The molecule has 2 aromatic rings. The zero-order chi connectivity index (χ0) is 12.4. The van der Waals surface area contributed by atoms with Crippen molar-refractivity contribution in [1.29, 1.82) is 0 Å². The van der Waals surface area contributed by atoms with Crippen LogP contribution in [0.15, 0.2) is 53.4 Å². The van der Waals surface area contributed by atoms with E-state index in [4.69, 9.17) is 16.3 Å². The van der Waals surface area contributed by atoms with E-state index < -0.39 is 0 Å². The summed E-state index contributed by atoms with van der Waals surface area (Å²) in [4.78, 5) is 1.39. The zero-order valence-electron chi connectivity index (χ0n) is 9.80. The van der Waals surface area contributed by atoms with Crippen LogP contribution in [0.2, 0.25) is 5.02 Å². The summed E-state index contributed by atoms with van der Waals surface area (Å²) in [6.45, 7) is 0.728. The highest BCUT2D eigenvalue weighted by Crippen LogP contribution is 2.39. The molecule has 0 spiro atoms. The first-order chi connectivity index (χ1) is 8.83. The number of benzene rings is 2. The number of hydrogen-bond acceptors (Lipinski definition) is 2. The minimum atomic E-state index is 0.488. The van der Waals surface area contributed by atoms with Gasteiger partial charge in [0.05, 0.1) is 6.61 Å². The second-order valence-electron chi connectivity index (χ2n) is 4.31. The van der Waals surface area contributed by atoms with Gasteiger partial charge in [-0.25, -0.2) is 0 Å². The Morgan fingerprint density at radius 2 is 1.89 bits per heavy atom. The summed E-state index contributed by atoms with van der Waals surface area (Å²) in [6, 6.07) is 16.1. The predicted molar refractivity (Wildman–Crippen MR) is 76.9 cm³/mol. The molecule has 0 aromatic heterocycles. The van der Waals surface area contributed by atoms with Crippen molar-refractivity contribution in [3.63, 3.8) is 0 Å². The van der Waals surface area contributed by atoms with Crippen LogP contribution in [0.25, 0.3) is 0 Å². The molecule has 1 nitrogen and oxygen atoms in total. The lowest BCUT2D eigenvalue weighted by Gasteiger charge is -2.12.